The molecule has 0 spiro atoms. The van der Waals surface area contributed by atoms with Gasteiger partial charge in [0.05, 0.1) is 6.10 Å². The molecule has 3 N–H and O–H groups in total. The van der Waals surface area contributed by atoms with Gasteiger partial charge in [-0.1, -0.05) is 13.0 Å². The molecule has 0 amide bonds. The van der Waals surface area contributed by atoms with Gasteiger partial charge in [0.1, 0.15) is 5.82 Å². The zero-order valence-electron chi connectivity index (χ0n) is 10.5. The van der Waals surface area contributed by atoms with Crippen LogP contribution in [0, 0.1) is 5.92 Å². The highest BCUT2D eigenvalue weighted by Gasteiger charge is 2.24. The fourth-order valence-corrected chi connectivity index (χ4v) is 2.11. The Bertz CT molecular complexity index is 363. The van der Waals surface area contributed by atoms with Crippen molar-refractivity contribution in [3.8, 4) is 0 Å². The molecule has 2 rings (SSSR count). The van der Waals surface area contributed by atoms with Crippen LogP contribution in [-0.2, 0) is 0 Å². The number of β-amino-alcohol motifs (C(OH)–C–C–N with tert-alkyl or cyclic N) is 1. The number of hydrogen-bond acceptors (Lipinski definition) is 4. The SMILES string of the molecule is CC1CCN(c2ccc([C@@H](C)N)cn2)CC1O. The van der Waals surface area contributed by atoms with Crippen LogP contribution in [0.1, 0.15) is 31.9 Å². The second-order valence-corrected chi connectivity index (χ2v) is 5.02. The Labute approximate surface area is 102 Å². The molecule has 1 fully saturated rings. The summed E-state index contributed by atoms with van der Waals surface area (Å²) in [6.45, 7) is 5.67. The first kappa shape index (κ1) is 12.3. The molecule has 94 valence electrons. The molecule has 3 atom stereocenters. The van der Waals surface area contributed by atoms with E-state index in [1.165, 1.54) is 0 Å². The predicted molar refractivity (Wildman–Crippen MR) is 68.8 cm³/mol. The monoisotopic (exact) mass is 235 g/mol. The number of nitrogens with two attached hydrogens (primary N) is 1. The minimum atomic E-state index is -0.251. The molecular formula is C13H21N3O. The lowest BCUT2D eigenvalue weighted by Gasteiger charge is -2.35. The number of aliphatic hydroxyl groups is 1. The van der Waals surface area contributed by atoms with Crippen LogP contribution >= 0.6 is 0 Å². The van der Waals surface area contributed by atoms with E-state index in [9.17, 15) is 5.11 Å². The third kappa shape index (κ3) is 2.76. The number of pyridine rings is 1. The third-order valence-corrected chi connectivity index (χ3v) is 3.54. The van der Waals surface area contributed by atoms with E-state index < -0.39 is 0 Å². The minimum absolute atomic E-state index is 0.0171. The second kappa shape index (κ2) is 5.02. The predicted octanol–water partition coefficient (Wildman–Crippen LogP) is 1.31. The first-order valence-corrected chi connectivity index (χ1v) is 6.22. The lowest BCUT2D eigenvalue weighted by molar-refractivity contribution is 0.102. The van der Waals surface area contributed by atoms with Crippen LogP contribution in [0.25, 0.3) is 0 Å². The van der Waals surface area contributed by atoms with Gasteiger partial charge in [0, 0.05) is 25.3 Å². The van der Waals surface area contributed by atoms with E-state index in [1.807, 2.05) is 25.3 Å². The number of aromatic nitrogens is 1. The van der Waals surface area contributed by atoms with E-state index in [1.54, 1.807) is 0 Å². The Morgan fingerprint density at radius 3 is 2.82 bits per heavy atom. The highest BCUT2D eigenvalue weighted by molar-refractivity contribution is 5.40. The van der Waals surface area contributed by atoms with Gasteiger partial charge >= 0.3 is 0 Å². The van der Waals surface area contributed by atoms with Gasteiger partial charge in [-0.15, -0.1) is 0 Å². The first-order chi connectivity index (χ1) is 8.08. The molecule has 1 aliphatic heterocycles. The van der Waals surface area contributed by atoms with Gasteiger partial charge in [0.2, 0.25) is 0 Å². The number of hydrogen-bond donors (Lipinski definition) is 2. The van der Waals surface area contributed by atoms with Crippen LogP contribution in [0.5, 0.6) is 0 Å². The van der Waals surface area contributed by atoms with Gasteiger partial charge in [-0.2, -0.15) is 0 Å². The van der Waals surface area contributed by atoms with E-state index in [0.29, 0.717) is 12.5 Å². The van der Waals surface area contributed by atoms with Crippen molar-refractivity contribution in [3.05, 3.63) is 23.9 Å². The van der Waals surface area contributed by atoms with E-state index in [0.717, 1.165) is 24.3 Å². The van der Waals surface area contributed by atoms with Gasteiger partial charge in [-0.25, -0.2) is 4.98 Å². The second-order valence-electron chi connectivity index (χ2n) is 5.02. The molecule has 1 aromatic rings. The van der Waals surface area contributed by atoms with E-state index >= 15 is 0 Å². The zero-order chi connectivity index (χ0) is 12.4. The van der Waals surface area contributed by atoms with Gasteiger partial charge < -0.3 is 15.7 Å². The Hall–Kier alpha value is -1.13. The molecule has 0 aromatic carbocycles. The molecule has 0 saturated carbocycles. The number of aliphatic hydroxyl groups excluding tert-OH is 1. The lowest BCUT2D eigenvalue weighted by atomic mass is 9.96. The van der Waals surface area contributed by atoms with Crippen molar-refractivity contribution in [2.45, 2.75) is 32.4 Å². The average Bonchev–Trinajstić information content (AvgIpc) is 2.33. The smallest absolute Gasteiger partial charge is 0.128 e. The Balaban J connectivity index is 2.07. The van der Waals surface area contributed by atoms with Crippen molar-refractivity contribution in [1.29, 1.82) is 0 Å². The third-order valence-electron chi connectivity index (χ3n) is 3.54. The van der Waals surface area contributed by atoms with Gasteiger partial charge in [0.25, 0.3) is 0 Å². The van der Waals surface area contributed by atoms with Crippen molar-refractivity contribution in [2.24, 2.45) is 11.7 Å². The maximum Gasteiger partial charge on any atom is 0.128 e. The van der Waals surface area contributed by atoms with Crippen LogP contribution in [0.15, 0.2) is 18.3 Å². The van der Waals surface area contributed by atoms with Gasteiger partial charge in [0.15, 0.2) is 0 Å². The maximum absolute atomic E-state index is 9.86. The minimum Gasteiger partial charge on any atom is -0.391 e. The summed E-state index contributed by atoms with van der Waals surface area (Å²) in [7, 11) is 0. The highest BCUT2D eigenvalue weighted by Crippen LogP contribution is 2.22. The highest BCUT2D eigenvalue weighted by atomic mass is 16.3. The fourth-order valence-electron chi connectivity index (χ4n) is 2.11. The number of anilines is 1. The molecule has 1 saturated heterocycles. The van der Waals surface area contributed by atoms with Crippen LogP contribution in [0.2, 0.25) is 0 Å². The molecule has 0 radical (unpaired) electrons. The normalized spacial score (nSPS) is 26.9. The molecule has 0 aliphatic carbocycles. The Kier molecular flexibility index (Phi) is 3.64. The molecule has 1 aliphatic rings. The average molecular weight is 235 g/mol. The summed E-state index contributed by atoms with van der Waals surface area (Å²) in [6.07, 6.45) is 2.58. The quantitative estimate of drug-likeness (QED) is 0.811. The molecule has 4 heteroatoms. The molecule has 4 nitrogen and oxygen atoms in total. The Morgan fingerprint density at radius 1 is 1.53 bits per heavy atom. The van der Waals surface area contributed by atoms with Gasteiger partial charge in [-0.3, -0.25) is 0 Å². The number of piperidine rings is 1. The summed E-state index contributed by atoms with van der Waals surface area (Å²) in [6, 6.07) is 4.02. The van der Waals surface area contributed by atoms with Crippen molar-refractivity contribution in [2.75, 3.05) is 18.0 Å². The maximum atomic E-state index is 9.86. The Morgan fingerprint density at radius 2 is 2.29 bits per heavy atom. The molecular weight excluding hydrogens is 214 g/mol. The van der Waals surface area contributed by atoms with Gasteiger partial charge in [-0.05, 0) is 30.9 Å². The topological polar surface area (TPSA) is 62.4 Å². The van der Waals surface area contributed by atoms with Crippen molar-refractivity contribution >= 4 is 5.82 Å². The summed E-state index contributed by atoms with van der Waals surface area (Å²) >= 11 is 0. The summed E-state index contributed by atoms with van der Waals surface area (Å²) in [4.78, 5) is 6.55. The molecule has 2 heterocycles. The summed E-state index contributed by atoms with van der Waals surface area (Å²) < 4.78 is 0. The largest absolute Gasteiger partial charge is 0.391 e. The van der Waals surface area contributed by atoms with E-state index in [-0.39, 0.29) is 12.1 Å². The summed E-state index contributed by atoms with van der Waals surface area (Å²) in [5.41, 5.74) is 6.83. The standard InChI is InChI=1S/C13H21N3O/c1-9-5-6-16(8-12(9)17)13-4-3-11(7-15-13)10(2)14/h3-4,7,9-10,12,17H,5-6,8,14H2,1-2H3/t9?,10-,12?/m1/s1. The van der Waals surface area contributed by atoms with Crippen LogP contribution in [0.3, 0.4) is 0 Å². The zero-order valence-corrected chi connectivity index (χ0v) is 10.5. The van der Waals surface area contributed by atoms with Crippen LogP contribution in [-0.4, -0.2) is 29.3 Å². The van der Waals surface area contributed by atoms with Crippen molar-refractivity contribution in [1.82, 2.24) is 4.98 Å². The summed E-state index contributed by atoms with van der Waals surface area (Å²) in [5.74, 6) is 1.31. The molecule has 1 aromatic heterocycles. The lowest BCUT2D eigenvalue weighted by Crippen LogP contribution is -2.43. The van der Waals surface area contributed by atoms with E-state index in [4.69, 9.17) is 5.73 Å². The van der Waals surface area contributed by atoms with Crippen molar-refractivity contribution in [3.63, 3.8) is 0 Å². The number of nitrogens with zero attached hydrogens (tertiary/aromatic N) is 2. The number of rotatable bonds is 2. The molecule has 0 bridgehead atoms. The summed E-state index contributed by atoms with van der Waals surface area (Å²) in [5, 5.41) is 9.86. The first-order valence-electron chi connectivity index (χ1n) is 6.22. The van der Waals surface area contributed by atoms with E-state index in [2.05, 4.69) is 16.8 Å². The van der Waals surface area contributed by atoms with Crippen molar-refractivity contribution < 1.29 is 5.11 Å². The van der Waals surface area contributed by atoms with Crippen LogP contribution < -0.4 is 10.6 Å². The molecule has 2 unspecified atom stereocenters. The van der Waals surface area contributed by atoms with Crippen LogP contribution in [0.4, 0.5) is 5.82 Å². The fraction of sp³-hybridized carbons (Fsp3) is 0.615. The molecule has 17 heavy (non-hydrogen) atoms.